The van der Waals surface area contributed by atoms with Crippen molar-refractivity contribution >= 4 is 46.3 Å². The summed E-state index contributed by atoms with van der Waals surface area (Å²) in [5.41, 5.74) is 1.25. The molecule has 1 amide bonds. The van der Waals surface area contributed by atoms with Crippen molar-refractivity contribution in [2.75, 3.05) is 10.6 Å². The zero-order chi connectivity index (χ0) is 17.8. The lowest BCUT2D eigenvalue weighted by Gasteiger charge is -2.10. The van der Waals surface area contributed by atoms with Gasteiger partial charge in [-0.3, -0.25) is 4.79 Å². The van der Waals surface area contributed by atoms with Gasteiger partial charge in [0.15, 0.2) is 0 Å². The maximum Gasteiger partial charge on any atom is 0.255 e. The van der Waals surface area contributed by atoms with E-state index < -0.39 is 11.7 Å². The summed E-state index contributed by atoms with van der Waals surface area (Å²) in [6, 6.07) is 13.9. The van der Waals surface area contributed by atoms with Crippen LogP contribution >= 0.6 is 23.2 Å². The molecular weight excluding hydrogens is 364 g/mol. The van der Waals surface area contributed by atoms with Crippen LogP contribution in [0.25, 0.3) is 0 Å². The van der Waals surface area contributed by atoms with Crippen LogP contribution < -0.4 is 10.6 Å². The average molecular weight is 376 g/mol. The van der Waals surface area contributed by atoms with Gasteiger partial charge >= 0.3 is 0 Å². The van der Waals surface area contributed by atoms with E-state index in [9.17, 15) is 9.18 Å². The Morgan fingerprint density at radius 3 is 2.36 bits per heavy atom. The number of hydrogen-bond donors (Lipinski definition) is 2. The second kappa shape index (κ2) is 7.51. The standard InChI is InChI=1S/C18H12Cl2FN3O/c19-14-5-2-6-15(20)17(14)24-16-8-7-13(10-22-16)23-18(25)11-3-1-4-12(21)9-11/h1-10H,(H,22,24)(H,23,25). The zero-order valence-electron chi connectivity index (χ0n) is 12.8. The summed E-state index contributed by atoms with van der Waals surface area (Å²) >= 11 is 12.2. The molecule has 0 spiro atoms. The maximum atomic E-state index is 13.2. The Bertz CT molecular complexity index is 896. The molecule has 1 aromatic heterocycles. The van der Waals surface area contributed by atoms with Crippen LogP contribution in [0.15, 0.2) is 60.8 Å². The van der Waals surface area contributed by atoms with Gasteiger partial charge in [-0.25, -0.2) is 9.37 Å². The van der Waals surface area contributed by atoms with Crippen molar-refractivity contribution in [3.63, 3.8) is 0 Å². The number of nitrogens with zero attached hydrogens (tertiary/aromatic N) is 1. The van der Waals surface area contributed by atoms with Crippen molar-refractivity contribution < 1.29 is 9.18 Å². The number of nitrogens with one attached hydrogen (secondary N) is 2. The van der Waals surface area contributed by atoms with Crippen LogP contribution in [0, 0.1) is 5.82 Å². The molecule has 25 heavy (non-hydrogen) atoms. The van der Waals surface area contributed by atoms with E-state index in [4.69, 9.17) is 23.2 Å². The van der Waals surface area contributed by atoms with Crippen molar-refractivity contribution in [2.45, 2.75) is 0 Å². The Hall–Kier alpha value is -2.63. The van der Waals surface area contributed by atoms with Gasteiger partial charge in [0.25, 0.3) is 5.91 Å². The zero-order valence-corrected chi connectivity index (χ0v) is 14.3. The number of para-hydroxylation sites is 1. The van der Waals surface area contributed by atoms with E-state index >= 15 is 0 Å². The summed E-state index contributed by atoms with van der Waals surface area (Å²) in [6.07, 6.45) is 1.48. The van der Waals surface area contributed by atoms with E-state index in [1.807, 2.05) is 0 Å². The first-order valence-corrected chi connectivity index (χ1v) is 8.02. The Labute approximate surface area is 153 Å². The highest BCUT2D eigenvalue weighted by Crippen LogP contribution is 2.32. The fourth-order valence-electron chi connectivity index (χ4n) is 2.12. The lowest BCUT2D eigenvalue weighted by molar-refractivity contribution is 0.102. The summed E-state index contributed by atoms with van der Waals surface area (Å²) in [4.78, 5) is 16.3. The Balaban J connectivity index is 1.71. The normalized spacial score (nSPS) is 10.4. The molecule has 0 aliphatic carbocycles. The fourth-order valence-corrected chi connectivity index (χ4v) is 2.61. The number of rotatable bonds is 4. The Morgan fingerprint density at radius 1 is 1.00 bits per heavy atom. The molecule has 2 aromatic carbocycles. The number of halogens is 3. The molecule has 0 radical (unpaired) electrons. The van der Waals surface area contributed by atoms with Crippen molar-refractivity contribution in [1.82, 2.24) is 4.98 Å². The van der Waals surface area contributed by atoms with Gasteiger partial charge in [0, 0.05) is 5.56 Å². The monoisotopic (exact) mass is 375 g/mol. The maximum absolute atomic E-state index is 13.2. The summed E-state index contributed by atoms with van der Waals surface area (Å²) in [5, 5.41) is 6.61. The third-order valence-corrected chi connectivity index (χ3v) is 3.95. The van der Waals surface area contributed by atoms with Crippen LogP contribution in [0.1, 0.15) is 10.4 Å². The van der Waals surface area contributed by atoms with Gasteiger partial charge in [-0.05, 0) is 42.5 Å². The molecular formula is C18H12Cl2FN3O. The lowest BCUT2D eigenvalue weighted by Crippen LogP contribution is -2.12. The first kappa shape index (κ1) is 17.2. The second-order valence-electron chi connectivity index (χ2n) is 5.12. The Morgan fingerprint density at radius 2 is 1.72 bits per heavy atom. The van der Waals surface area contributed by atoms with Crippen LogP contribution in [-0.4, -0.2) is 10.9 Å². The number of anilines is 3. The third kappa shape index (κ3) is 4.26. The predicted octanol–water partition coefficient (Wildman–Crippen LogP) is 5.52. The summed E-state index contributed by atoms with van der Waals surface area (Å²) < 4.78 is 13.2. The molecule has 0 atom stereocenters. The highest BCUT2D eigenvalue weighted by Gasteiger charge is 2.09. The minimum atomic E-state index is -0.470. The van der Waals surface area contributed by atoms with Gasteiger partial charge in [0.2, 0.25) is 0 Å². The molecule has 7 heteroatoms. The van der Waals surface area contributed by atoms with Crippen molar-refractivity contribution in [3.8, 4) is 0 Å². The second-order valence-corrected chi connectivity index (χ2v) is 5.93. The van der Waals surface area contributed by atoms with Gasteiger partial charge in [-0.1, -0.05) is 35.3 Å². The molecule has 0 aliphatic heterocycles. The minimum Gasteiger partial charge on any atom is -0.338 e. The summed E-state index contributed by atoms with van der Waals surface area (Å²) in [6.45, 7) is 0. The lowest BCUT2D eigenvalue weighted by atomic mass is 10.2. The van der Waals surface area contributed by atoms with Crippen LogP contribution in [0.3, 0.4) is 0 Å². The molecule has 3 rings (SSSR count). The smallest absolute Gasteiger partial charge is 0.255 e. The van der Waals surface area contributed by atoms with Crippen molar-refractivity contribution in [2.24, 2.45) is 0 Å². The molecule has 0 saturated heterocycles. The number of aromatic nitrogens is 1. The number of carbonyl (C=O) groups excluding carboxylic acids is 1. The highest BCUT2D eigenvalue weighted by atomic mass is 35.5. The minimum absolute atomic E-state index is 0.227. The molecule has 3 aromatic rings. The number of benzene rings is 2. The first-order valence-electron chi connectivity index (χ1n) is 7.27. The molecule has 0 fully saturated rings. The molecule has 126 valence electrons. The van der Waals surface area contributed by atoms with E-state index in [0.29, 0.717) is 27.2 Å². The van der Waals surface area contributed by atoms with E-state index in [2.05, 4.69) is 15.6 Å². The van der Waals surface area contributed by atoms with E-state index in [0.717, 1.165) is 6.07 Å². The number of amides is 1. The van der Waals surface area contributed by atoms with Gasteiger partial charge in [0.1, 0.15) is 11.6 Å². The van der Waals surface area contributed by atoms with Crippen LogP contribution in [0.5, 0.6) is 0 Å². The largest absolute Gasteiger partial charge is 0.338 e. The van der Waals surface area contributed by atoms with Crippen LogP contribution in [-0.2, 0) is 0 Å². The Kier molecular flexibility index (Phi) is 5.16. The topological polar surface area (TPSA) is 54.0 Å². The van der Waals surface area contributed by atoms with Crippen LogP contribution in [0.2, 0.25) is 10.0 Å². The average Bonchev–Trinajstić information content (AvgIpc) is 2.60. The van der Waals surface area contributed by atoms with Gasteiger partial charge < -0.3 is 10.6 Å². The quantitative estimate of drug-likeness (QED) is 0.630. The molecule has 2 N–H and O–H groups in total. The summed E-state index contributed by atoms with van der Waals surface area (Å²) in [5.74, 6) is -0.378. The number of hydrogen-bond acceptors (Lipinski definition) is 3. The van der Waals surface area contributed by atoms with E-state index in [-0.39, 0.29) is 5.56 Å². The van der Waals surface area contributed by atoms with Crippen LogP contribution in [0.4, 0.5) is 21.6 Å². The molecule has 0 unspecified atom stereocenters. The number of carbonyl (C=O) groups is 1. The van der Waals surface area contributed by atoms with Crippen molar-refractivity contribution in [1.29, 1.82) is 0 Å². The van der Waals surface area contributed by atoms with Gasteiger partial charge in [-0.2, -0.15) is 0 Å². The third-order valence-electron chi connectivity index (χ3n) is 3.32. The van der Waals surface area contributed by atoms with E-state index in [1.165, 1.54) is 24.4 Å². The van der Waals surface area contributed by atoms with E-state index in [1.54, 1.807) is 30.3 Å². The summed E-state index contributed by atoms with van der Waals surface area (Å²) in [7, 11) is 0. The predicted molar refractivity (Wildman–Crippen MR) is 98.3 cm³/mol. The molecule has 0 aliphatic rings. The molecule has 0 bridgehead atoms. The first-order chi connectivity index (χ1) is 12.0. The molecule has 0 saturated carbocycles. The van der Waals surface area contributed by atoms with Gasteiger partial charge in [-0.15, -0.1) is 0 Å². The SMILES string of the molecule is O=C(Nc1ccc(Nc2c(Cl)cccc2Cl)nc1)c1cccc(F)c1. The molecule has 4 nitrogen and oxygen atoms in total. The molecule has 1 heterocycles. The fraction of sp³-hybridized carbons (Fsp3) is 0. The highest BCUT2D eigenvalue weighted by molar-refractivity contribution is 6.39. The van der Waals surface area contributed by atoms with Gasteiger partial charge in [0.05, 0.1) is 27.6 Å². The van der Waals surface area contributed by atoms with Crippen molar-refractivity contribution in [3.05, 3.63) is 82.2 Å². The number of pyridine rings is 1.